The number of likely N-dealkylation sites (tertiary alicyclic amines) is 1. The summed E-state index contributed by atoms with van der Waals surface area (Å²) in [6.45, 7) is 4.24. The van der Waals surface area contributed by atoms with Crippen molar-refractivity contribution in [2.75, 3.05) is 26.3 Å². The van der Waals surface area contributed by atoms with E-state index in [0.29, 0.717) is 18.0 Å². The fraction of sp³-hybridized carbons (Fsp3) is 0.842. The van der Waals surface area contributed by atoms with E-state index in [9.17, 15) is 0 Å². The molecule has 3 atom stereocenters. The number of ether oxygens (including phenoxy) is 1. The lowest BCUT2D eigenvalue weighted by atomic mass is 9.86. The van der Waals surface area contributed by atoms with E-state index in [0.717, 1.165) is 32.2 Å². The molecule has 0 radical (unpaired) electrons. The van der Waals surface area contributed by atoms with Crippen molar-refractivity contribution in [1.29, 1.82) is 0 Å². The van der Waals surface area contributed by atoms with E-state index in [1.165, 1.54) is 50.8 Å². The molecule has 3 heterocycles. The van der Waals surface area contributed by atoms with Crippen molar-refractivity contribution in [2.24, 2.45) is 13.0 Å². The van der Waals surface area contributed by atoms with Gasteiger partial charge in [0.1, 0.15) is 0 Å². The van der Waals surface area contributed by atoms with Crippen molar-refractivity contribution < 1.29 is 4.74 Å². The van der Waals surface area contributed by atoms with E-state index < -0.39 is 0 Å². The Morgan fingerprint density at radius 3 is 2.88 bits per heavy atom. The largest absolute Gasteiger partial charge is 0.381 e. The maximum atomic E-state index is 5.61. The molecular weight excluding hydrogens is 300 g/mol. The molecule has 1 aromatic rings. The highest BCUT2D eigenvalue weighted by Crippen LogP contribution is 2.42. The summed E-state index contributed by atoms with van der Waals surface area (Å²) in [5.41, 5.74) is 1.40. The predicted octanol–water partition coefficient (Wildman–Crippen LogP) is 2.49. The lowest BCUT2D eigenvalue weighted by molar-refractivity contribution is 0.0757. The van der Waals surface area contributed by atoms with Gasteiger partial charge in [0.15, 0.2) is 0 Å². The zero-order valence-corrected chi connectivity index (χ0v) is 15.0. The number of aromatic nitrogens is 2. The van der Waals surface area contributed by atoms with Crippen molar-refractivity contribution in [2.45, 2.75) is 63.1 Å². The van der Waals surface area contributed by atoms with Gasteiger partial charge in [-0.25, -0.2) is 0 Å². The van der Waals surface area contributed by atoms with Crippen molar-refractivity contribution in [3.8, 4) is 0 Å². The van der Waals surface area contributed by atoms with Crippen LogP contribution >= 0.6 is 0 Å². The van der Waals surface area contributed by atoms with Gasteiger partial charge in [-0.2, -0.15) is 5.10 Å². The second-order valence-electron chi connectivity index (χ2n) is 7.84. The van der Waals surface area contributed by atoms with E-state index in [2.05, 4.69) is 33.1 Å². The van der Waals surface area contributed by atoms with E-state index in [1.807, 2.05) is 6.20 Å². The van der Waals surface area contributed by atoms with E-state index in [-0.39, 0.29) is 0 Å². The van der Waals surface area contributed by atoms with Crippen LogP contribution in [0.1, 0.15) is 56.7 Å². The first-order chi connectivity index (χ1) is 11.8. The van der Waals surface area contributed by atoms with E-state index >= 15 is 0 Å². The Labute approximate surface area is 145 Å². The van der Waals surface area contributed by atoms with Gasteiger partial charge in [-0.15, -0.1) is 0 Å². The quantitative estimate of drug-likeness (QED) is 0.900. The molecule has 24 heavy (non-hydrogen) atoms. The molecule has 0 bridgehead atoms. The van der Waals surface area contributed by atoms with Crippen LogP contribution < -0.4 is 5.32 Å². The molecule has 2 aliphatic heterocycles. The van der Waals surface area contributed by atoms with Crippen LogP contribution in [0.25, 0.3) is 0 Å². The van der Waals surface area contributed by atoms with Crippen LogP contribution in [0, 0.1) is 5.92 Å². The molecule has 2 saturated heterocycles. The molecule has 5 heteroatoms. The van der Waals surface area contributed by atoms with Gasteiger partial charge in [0.25, 0.3) is 0 Å². The molecule has 0 amide bonds. The zero-order chi connectivity index (χ0) is 16.4. The molecule has 1 N–H and O–H groups in total. The highest BCUT2D eigenvalue weighted by Gasteiger charge is 2.41. The number of nitrogens with zero attached hydrogens (tertiary/aromatic N) is 3. The topological polar surface area (TPSA) is 42.3 Å². The molecule has 4 rings (SSSR count). The molecule has 3 fully saturated rings. The minimum atomic E-state index is 0.535. The first-order valence-corrected chi connectivity index (χ1v) is 9.87. The lowest BCUT2D eigenvalue weighted by Crippen LogP contribution is -2.45. The summed E-state index contributed by atoms with van der Waals surface area (Å²) in [4.78, 5) is 2.78. The van der Waals surface area contributed by atoms with Crippen LogP contribution in [0.4, 0.5) is 0 Å². The Bertz CT molecular complexity index is 519. The second-order valence-corrected chi connectivity index (χ2v) is 7.84. The minimum absolute atomic E-state index is 0.535. The standard InChI is InChI=1S/C19H32N4O/c1-22-18(8-10-21-22)19-15(4-2-11-23(19)17-6-7-17)14-20-16-5-3-12-24-13-9-16/h8,10,15-17,19-20H,2-7,9,11-14H2,1H3/t15-,16+,19+/m0/s1. The Kier molecular flexibility index (Phi) is 5.20. The molecule has 5 nitrogen and oxygen atoms in total. The summed E-state index contributed by atoms with van der Waals surface area (Å²) in [6, 6.07) is 4.22. The Morgan fingerprint density at radius 2 is 2.08 bits per heavy atom. The first kappa shape index (κ1) is 16.6. The van der Waals surface area contributed by atoms with Gasteiger partial charge in [-0.3, -0.25) is 9.58 Å². The smallest absolute Gasteiger partial charge is 0.0560 e. The van der Waals surface area contributed by atoms with Crippen LogP contribution in [-0.4, -0.2) is 53.1 Å². The monoisotopic (exact) mass is 332 g/mol. The summed E-state index contributed by atoms with van der Waals surface area (Å²) in [5.74, 6) is 0.693. The van der Waals surface area contributed by atoms with Gasteiger partial charge >= 0.3 is 0 Å². The number of hydrogen-bond donors (Lipinski definition) is 1. The maximum Gasteiger partial charge on any atom is 0.0560 e. The van der Waals surface area contributed by atoms with E-state index in [1.54, 1.807) is 0 Å². The molecule has 1 aliphatic carbocycles. The second kappa shape index (κ2) is 7.54. The van der Waals surface area contributed by atoms with Gasteiger partial charge in [0.2, 0.25) is 0 Å². The van der Waals surface area contributed by atoms with Crippen molar-refractivity contribution in [1.82, 2.24) is 20.0 Å². The SMILES string of the molecule is Cn1nccc1[C@H]1[C@H](CN[C@@H]2CCCOCC2)CCCN1C1CC1. The van der Waals surface area contributed by atoms with Crippen LogP contribution in [0.2, 0.25) is 0 Å². The third-order valence-electron chi connectivity index (χ3n) is 6.09. The molecule has 3 aliphatic rings. The molecule has 1 saturated carbocycles. The van der Waals surface area contributed by atoms with Gasteiger partial charge < -0.3 is 10.1 Å². The third-order valence-corrected chi connectivity index (χ3v) is 6.09. The lowest BCUT2D eigenvalue weighted by Gasteiger charge is -2.42. The van der Waals surface area contributed by atoms with E-state index in [4.69, 9.17) is 4.74 Å². The predicted molar refractivity (Wildman–Crippen MR) is 94.9 cm³/mol. The Balaban J connectivity index is 1.45. The summed E-state index contributed by atoms with van der Waals surface area (Å²) in [6.07, 6.45) is 11.0. The third kappa shape index (κ3) is 3.68. The molecule has 0 aromatic carbocycles. The minimum Gasteiger partial charge on any atom is -0.381 e. The number of aryl methyl sites for hydroxylation is 1. The zero-order valence-electron chi connectivity index (χ0n) is 15.0. The summed E-state index contributed by atoms with van der Waals surface area (Å²) < 4.78 is 7.70. The normalized spacial score (nSPS) is 32.6. The molecule has 134 valence electrons. The van der Waals surface area contributed by atoms with Gasteiger partial charge in [-0.05, 0) is 63.5 Å². The Morgan fingerprint density at radius 1 is 1.17 bits per heavy atom. The average molecular weight is 332 g/mol. The fourth-order valence-corrected chi connectivity index (χ4v) is 4.64. The van der Waals surface area contributed by atoms with Crippen molar-refractivity contribution in [3.63, 3.8) is 0 Å². The Hall–Kier alpha value is -0.910. The maximum absolute atomic E-state index is 5.61. The fourth-order valence-electron chi connectivity index (χ4n) is 4.64. The first-order valence-electron chi connectivity index (χ1n) is 9.87. The molecule has 0 unspecified atom stereocenters. The van der Waals surface area contributed by atoms with Crippen LogP contribution in [0.15, 0.2) is 12.3 Å². The number of piperidine rings is 1. The highest BCUT2D eigenvalue weighted by molar-refractivity contribution is 5.12. The summed E-state index contributed by atoms with van der Waals surface area (Å²) >= 11 is 0. The number of rotatable bonds is 5. The summed E-state index contributed by atoms with van der Waals surface area (Å²) in [5, 5.41) is 8.34. The van der Waals surface area contributed by atoms with Gasteiger partial charge in [0, 0.05) is 45.1 Å². The van der Waals surface area contributed by atoms with Crippen LogP contribution in [0.5, 0.6) is 0 Å². The van der Waals surface area contributed by atoms with Crippen molar-refractivity contribution in [3.05, 3.63) is 18.0 Å². The van der Waals surface area contributed by atoms with Crippen LogP contribution in [0.3, 0.4) is 0 Å². The highest BCUT2D eigenvalue weighted by atomic mass is 16.5. The molecule has 1 aromatic heterocycles. The molecular formula is C19H32N4O. The van der Waals surface area contributed by atoms with Gasteiger partial charge in [0.05, 0.1) is 11.7 Å². The van der Waals surface area contributed by atoms with Gasteiger partial charge in [-0.1, -0.05) is 0 Å². The number of nitrogens with one attached hydrogen (secondary N) is 1. The van der Waals surface area contributed by atoms with Crippen LogP contribution in [-0.2, 0) is 11.8 Å². The van der Waals surface area contributed by atoms with Crippen molar-refractivity contribution >= 4 is 0 Å². The number of hydrogen-bond acceptors (Lipinski definition) is 4. The molecule has 0 spiro atoms. The average Bonchev–Trinajstić information content (AvgIpc) is 3.39. The summed E-state index contributed by atoms with van der Waals surface area (Å²) in [7, 11) is 2.10.